The van der Waals surface area contributed by atoms with E-state index in [4.69, 9.17) is 23.2 Å². The number of hydrogen-bond acceptors (Lipinski definition) is 3. The summed E-state index contributed by atoms with van der Waals surface area (Å²) in [6.07, 6.45) is 5.40. The summed E-state index contributed by atoms with van der Waals surface area (Å²) in [6.45, 7) is 0. The number of benzene rings is 1. The molecule has 4 nitrogen and oxygen atoms in total. The number of nitrogens with zero attached hydrogens (tertiary/aromatic N) is 1. The van der Waals surface area contributed by atoms with Crippen LogP contribution in [0.2, 0.25) is 5.02 Å². The molecule has 1 aliphatic rings. The van der Waals surface area contributed by atoms with Crippen LogP contribution in [0.25, 0.3) is 0 Å². The van der Waals surface area contributed by atoms with Gasteiger partial charge in [-0.3, -0.25) is 14.5 Å². The van der Waals surface area contributed by atoms with Crippen molar-refractivity contribution in [2.75, 3.05) is 10.8 Å². The lowest BCUT2D eigenvalue weighted by Crippen LogP contribution is -2.47. The molecule has 27 heavy (non-hydrogen) atoms. The van der Waals surface area contributed by atoms with Crippen LogP contribution in [0.1, 0.15) is 43.0 Å². The van der Waals surface area contributed by atoms with Gasteiger partial charge in [0.2, 0.25) is 11.8 Å². The lowest BCUT2D eigenvalue weighted by molar-refractivity contribution is -0.126. The zero-order chi connectivity index (χ0) is 19.2. The molecule has 1 aromatic carbocycles. The Morgan fingerprint density at radius 1 is 1.19 bits per heavy atom. The van der Waals surface area contributed by atoms with Crippen molar-refractivity contribution in [3.8, 4) is 0 Å². The number of thiophene rings is 1. The van der Waals surface area contributed by atoms with Crippen LogP contribution in [0.5, 0.6) is 0 Å². The number of nitrogens with one attached hydrogen (secondary N) is 1. The Bertz CT molecular complexity index is 776. The first kappa shape index (κ1) is 20.2. The summed E-state index contributed by atoms with van der Waals surface area (Å²) < 4.78 is 0. The summed E-state index contributed by atoms with van der Waals surface area (Å²) in [5, 5.41) is 5.55. The van der Waals surface area contributed by atoms with Crippen LogP contribution in [-0.2, 0) is 9.59 Å². The first-order valence-electron chi connectivity index (χ1n) is 9.07. The highest BCUT2D eigenvalue weighted by Crippen LogP contribution is 2.32. The van der Waals surface area contributed by atoms with Crippen molar-refractivity contribution < 1.29 is 9.59 Å². The molecule has 0 aliphatic heterocycles. The van der Waals surface area contributed by atoms with Crippen molar-refractivity contribution in [1.29, 1.82) is 0 Å². The fourth-order valence-electron chi connectivity index (χ4n) is 3.48. The maximum atomic E-state index is 13.3. The summed E-state index contributed by atoms with van der Waals surface area (Å²) in [7, 11) is 0. The Labute approximate surface area is 173 Å². The van der Waals surface area contributed by atoms with Crippen LogP contribution in [-0.4, -0.2) is 23.7 Å². The number of carbonyl (C=O) groups excluding carboxylic acids is 2. The summed E-state index contributed by atoms with van der Waals surface area (Å²) in [6, 6.07) is 10.1. The largest absolute Gasteiger partial charge is 0.351 e. The first-order chi connectivity index (χ1) is 13.1. The van der Waals surface area contributed by atoms with Gasteiger partial charge in [0.05, 0.1) is 0 Å². The van der Waals surface area contributed by atoms with E-state index in [2.05, 4.69) is 5.32 Å². The normalized spacial score (nSPS) is 15.9. The number of alkyl halides is 1. The third-order valence-electron chi connectivity index (χ3n) is 4.74. The van der Waals surface area contributed by atoms with Gasteiger partial charge in [0.25, 0.3) is 0 Å². The van der Waals surface area contributed by atoms with E-state index in [1.807, 2.05) is 17.5 Å². The van der Waals surface area contributed by atoms with E-state index >= 15 is 0 Å². The van der Waals surface area contributed by atoms with Gasteiger partial charge in [-0.25, -0.2) is 0 Å². The van der Waals surface area contributed by atoms with E-state index in [0.717, 1.165) is 30.6 Å². The number of hydrogen-bond donors (Lipinski definition) is 1. The maximum Gasteiger partial charge on any atom is 0.248 e. The summed E-state index contributed by atoms with van der Waals surface area (Å²) in [4.78, 5) is 28.2. The molecule has 2 aromatic rings. The standard InChI is InChI=1S/C20H22Cl2N2O2S/c21-13-18(25)24(16-9-4-6-14(22)12-16)19(17-10-5-11-27-17)20(26)23-15-7-2-1-3-8-15/h4-6,9-12,15,19H,1-3,7-8,13H2,(H,23,26)/t19-/m1/s1. The molecule has 1 saturated carbocycles. The molecule has 7 heteroatoms. The van der Waals surface area contributed by atoms with Crippen LogP contribution < -0.4 is 10.2 Å². The molecule has 1 atom stereocenters. The van der Waals surface area contributed by atoms with Crippen LogP contribution in [0, 0.1) is 0 Å². The Balaban J connectivity index is 1.96. The monoisotopic (exact) mass is 424 g/mol. The van der Waals surface area contributed by atoms with Gasteiger partial charge in [-0.2, -0.15) is 0 Å². The smallest absolute Gasteiger partial charge is 0.248 e. The van der Waals surface area contributed by atoms with E-state index in [-0.39, 0.29) is 23.7 Å². The van der Waals surface area contributed by atoms with Gasteiger partial charge in [0.1, 0.15) is 11.9 Å². The van der Waals surface area contributed by atoms with Gasteiger partial charge < -0.3 is 5.32 Å². The lowest BCUT2D eigenvalue weighted by Gasteiger charge is -2.32. The van der Waals surface area contributed by atoms with Crippen molar-refractivity contribution in [3.05, 3.63) is 51.7 Å². The molecule has 3 rings (SSSR count). The Kier molecular flexibility index (Phi) is 7.16. The molecular formula is C20H22Cl2N2O2S. The summed E-state index contributed by atoms with van der Waals surface area (Å²) in [5.41, 5.74) is 0.561. The predicted octanol–water partition coefficient (Wildman–Crippen LogP) is 5.16. The van der Waals surface area contributed by atoms with Crippen molar-refractivity contribution in [3.63, 3.8) is 0 Å². The second-order valence-corrected chi connectivity index (χ2v) is 8.32. The number of rotatable bonds is 6. The molecule has 1 N–H and O–H groups in total. The highest BCUT2D eigenvalue weighted by Gasteiger charge is 2.34. The van der Waals surface area contributed by atoms with E-state index in [0.29, 0.717) is 10.7 Å². The molecule has 2 amide bonds. The molecule has 144 valence electrons. The highest BCUT2D eigenvalue weighted by atomic mass is 35.5. The van der Waals surface area contributed by atoms with Gasteiger partial charge in [-0.05, 0) is 42.5 Å². The molecule has 0 saturated heterocycles. The zero-order valence-electron chi connectivity index (χ0n) is 14.9. The molecule has 0 unspecified atom stereocenters. The van der Waals surface area contributed by atoms with Gasteiger partial charge in [0.15, 0.2) is 0 Å². The summed E-state index contributed by atoms with van der Waals surface area (Å²) in [5.74, 6) is -0.732. The number of amides is 2. The number of carbonyl (C=O) groups is 2. The topological polar surface area (TPSA) is 49.4 Å². The third kappa shape index (κ3) is 5.03. The Morgan fingerprint density at radius 2 is 1.96 bits per heavy atom. The van der Waals surface area contributed by atoms with Gasteiger partial charge in [0, 0.05) is 21.6 Å². The van der Waals surface area contributed by atoms with E-state index in [1.54, 1.807) is 24.3 Å². The maximum absolute atomic E-state index is 13.3. The van der Waals surface area contributed by atoms with Crippen molar-refractivity contribution >= 4 is 52.0 Å². The molecule has 0 bridgehead atoms. The van der Waals surface area contributed by atoms with Crippen LogP contribution in [0.15, 0.2) is 41.8 Å². The zero-order valence-corrected chi connectivity index (χ0v) is 17.2. The van der Waals surface area contributed by atoms with Gasteiger partial charge >= 0.3 is 0 Å². The number of anilines is 1. The second kappa shape index (κ2) is 9.58. The Morgan fingerprint density at radius 3 is 2.59 bits per heavy atom. The van der Waals surface area contributed by atoms with Crippen LogP contribution in [0.4, 0.5) is 5.69 Å². The van der Waals surface area contributed by atoms with E-state index < -0.39 is 6.04 Å². The second-order valence-electron chi connectivity index (χ2n) is 6.64. The summed E-state index contributed by atoms with van der Waals surface area (Å²) >= 11 is 13.5. The molecule has 1 fully saturated rings. The average Bonchev–Trinajstić information content (AvgIpc) is 3.20. The van der Waals surface area contributed by atoms with Gasteiger partial charge in [-0.1, -0.05) is 43.0 Å². The molecule has 0 spiro atoms. The molecule has 1 aromatic heterocycles. The first-order valence-corrected chi connectivity index (χ1v) is 10.9. The van der Waals surface area contributed by atoms with Crippen LogP contribution >= 0.6 is 34.5 Å². The van der Waals surface area contributed by atoms with E-state index in [9.17, 15) is 9.59 Å². The minimum absolute atomic E-state index is 0.154. The minimum Gasteiger partial charge on any atom is -0.351 e. The lowest BCUT2D eigenvalue weighted by atomic mass is 9.95. The third-order valence-corrected chi connectivity index (χ3v) is 6.13. The highest BCUT2D eigenvalue weighted by molar-refractivity contribution is 7.10. The Hall–Kier alpha value is -1.56. The minimum atomic E-state index is -0.767. The van der Waals surface area contributed by atoms with Crippen molar-refractivity contribution in [2.45, 2.75) is 44.2 Å². The van der Waals surface area contributed by atoms with Crippen LogP contribution in [0.3, 0.4) is 0 Å². The van der Waals surface area contributed by atoms with E-state index in [1.165, 1.54) is 22.7 Å². The van der Waals surface area contributed by atoms with Crippen molar-refractivity contribution in [2.24, 2.45) is 0 Å². The molecular weight excluding hydrogens is 403 g/mol. The van der Waals surface area contributed by atoms with Crippen molar-refractivity contribution in [1.82, 2.24) is 5.32 Å². The number of halogens is 2. The van der Waals surface area contributed by atoms with Gasteiger partial charge in [-0.15, -0.1) is 22.9 Å². The fourth-order valence-corrected chi connectivity index (χ4v) is 4.60. The SMILES string of the molecule is O=C(NC1CCCCC1)[C@@H](c1cccs1)N(C(=O)CCl)c1cccc(Cl)c1. The quantitative estimate of drug-likeness (QED) is 0.650. The fraction of sp³-hybridized carbons (Fsp3) is 0.400. The molecule has 1 heterocycles. The molecule has 0 radical (unpaired) electrons. The predicted molar refractivity (Wildman–Crippen MR) is 112 cm³/mol. The molecule has 1 aliphatic carbocycles. The average molecular weight is 425 g/mol.